The minimum absolute atomic E-state index is 0.106. The first kappa shape index (κ1) is 19.2. The van der Waals surface area contributed by atoms with Crippen molar-refractivity contribution in [1.29, 1.82) is 0 Å². The normalized spacial score (nSPS) is 19.2. The molecule has 0 radical (unpaired) electrons. The molecule has 1 atom stereocenters. The molecule has 1 aliphatic rings. The Morgan fingerprint density at radius 1 is 1.46 bits per heavy atom. The summed E-state index contributed by atoms with van der Waals surface area (Å²) >= 11 is 5.91. The highest BCUT2D eigenvalue weighted by Crippen LogP contribution is 2.22. The van der Waals surface area contributed by atoms with Gasteiger partial charge < -0.3 is 10.1 Å². The van der Waals surface area contributed by atoms with Crippen LogP contribution in [0.1, 0.15) is 18.4 Å². The third kappa shape index (κ3) is 5.44. The van der Waals surface area contributed by atoms with Gasteiger partial charge in [-0.25, -0.2) is 12.7 Å². The van der Waals surface area contributed by atoms with Crippen LogP contribution in [-0.4, -0.2) is 52.0 Å². The Labute approximate surface area is 148 Å². The van der Waals surface area contributed by atoms with Gasteiger partial charge in [0.05, 0.1) is 18.3 Å². The van der Waals surface area contributed by atoms with E-state index in [0.717, 1.165) is 0 Å². The zero-order chi connectivity index (χ0) is 17.6. The summed E-state index contributed by atoms with van der Waals surface area (Å²) in [6.45, 7) is 1.54. The zero-order valence-electron chi connectivity index (χ0n) is 13.7. The van der Waals surface area contributed by atoms with E-state index in [1.807, 2.05) is 0 Å². The van der Waals surface area contributed by atoms with Gasteiger partial charge in [0.2, 0.25) is 15.9 Å². The predicted octanol–water partition coefficient (Wildman–Crippen LogP) is 1.64. The van der Waals surface area contributed by atoms with Crippen molar-refractivity contribution < 1.29 is 17.9 Å². The monoisotopic (exact) mass is 374 g/mol. The van der Waals surface area contributed by atoms with Crippen molar-refractivity contribution in [2.45, 2.75) is 18.6 Å². The smallest absolute Gasteiger partial charge is 0.224 e. The first-order valence-corrected chi connectivity index (χ1v) is 9.90. The quantitative estimate of drug-likeness (QED) is 0.736. The molecule has 0 aromatic heterocycles. The molecule has 1 heterocycles. The first-order valence-electron chi connectivity index (χ1n) is 7.91. The lowest BCUT2D eigenvalue weighted by Crippen LogP contribution is -2.46. The second-order valence-electron chi connectivity index (χ2n) is 5.87. The molecule has 1 saturated heterocycles. The number of carbonyl (C=O) groups is 1. The number of ether oxygens (including phenoxy) is 1. The number of nitrogens with zero attached hydrogens (tertiary/aromatic N) is 1. The largest absolute Gasteiger partial charge is 0.383 e. The lowest BCUT2D eigenvalue weighted by Gasteiger charge is -2.31. The predicted molar refractivity (Wildman–Crippen MR) is 93.3 cm³/mol. The number of methoxy groups -OCH3 is 1. The van der Waals surface area contributed by atoms with Gasteiger partial charge in [-0.2, -0.15) is 0 Å². The molecule has 0 saturated carbocycles. The molecule has 0 bridgehead atoms. The van der Waals surface area contributed by atoms with Crippen LogP contribution in [0, 0.1) is 5.92 Å². The fourth-order valence-corrected chi connectivity index (χ4v) is 4.57. The number of hydrogen-bond donors (Lipinski definition) is 1. The maximum absolute atomic E-state index is 12.6. The van der Waals surface area contributed by atoms with Crippen molar-refractivity contribution >= 4 is 27.5 Å². The van der Waals surface area contributed by atoms with Gasteiger partial charge in [-0.3, -0.25) is 4.79 Å². The molecule has 134 valence electrons. The Hall–Kier alpha value is -1.15. The summed E-state index contributed by atoms with van der Waals surface area (Å²) in [7, 11) is -1.91. The van der Waals surface area contributed by atoms with E-state index in [-0.39, 0.29) is 24.1 Å². The third-order valence-corrected chi connectivity index (χ3v) is 6.04. The fourth-order valence-electron chi connectivity index (χ4n) is 2.76. The van der Waals surface area contributed by atoms with E-state index in [2.05, 4.69) is 5.32 Å². The molecule has 6 nitrogen and oxygen atoms in total. The van der Waals surface area contributed by atoms with E-state index in [1.165, 1.54) is 4.31 Å². The molecule has 1 aromatic rings. The van der Waals surface area contributed by atoms with Gasteiger partial charge in [-0.1, -0.05) is 23.7 Å². The molecule has 1 fully saturated rings. The second-order valence-corrected chi connectivity index (χ2v) is 8.27. The molecule has 24 heavy (non-hydrogen) atoms. The van der Waals surface area contributed by atoms with Crippen LogP contribution < -0.4 is 5.32 Å². The molecule has 1 aliphatic heterocycles. The van der Waals surface area contributed by atoms with Crippen LogP contribution in [0.25, 0.3) is 0 Å². The summed E-state index contributed by atoms with van der Waals surface area (Å²) in [5.41, 5.74) is 0.647. The van der Waals surface area contributed by atoms with Gasteiger partial charge in [0.25, 0.3) is 0 Å². The van der Waals surface area contributed by atoms with E-state index >= 15 is 0 Å². The van der Waals surface area contributed by atoms with Crippen LogP contribution in [0.15, 0.2) is 24.3 Å². The van der Waals surface area contributed by atoms with Crippen molar-refractivity contribution in [3.05, 3.63) is 34.9 Å². The van der Waals surface area contributed by atoms with E-state index in [4.69, 9.17) is 16.3 Å². The maximum atomic E-state index is 12.6. The topological polar surface area (TPSA) is 75.7 Å². The van der Waals surface area contributed by atoms with Crippen LogP contribution in [0.3, 0.4) is 0 Å². The lowest BCUT2D eigenvalue weighted by atomic mass is 9.99. The summed E-state index contributed by atoms with van der Waals surface area (Å²) < 4.78 is 31.6. The van der Waals surface area contributed by atoms with Gasteiger partial charge in [0, 0.05) is 31.8 Å². The number of nitrogens with one attached hydrogen (secondary N) is 1. The summed E-state index contributed by atoms with van der Waals surface area (Å²) in [6.07, 6.45) is 1.37. The van der Waals surface area contributed by atoms with Crippen LogP contribution in [0.5, 0.6) is 0 Å². The van der Waals surface area contributed by atoms with E-state index in [1.54, 1.807) is 31.4 Å². The average molecular weight is 375 g/mol. The van der Waals surface area contributed by atoms with Crippen molar-refractivity contribution in [3.8, 4) is 0 Å². The third-order valence-electron chi connectivity index (χ3n) is 3.99. The summed E-state index contributed by atoms with van der Waals surface area (Å²) in [5, 5.41) is 3.29. The standard InChI is InChI=1S/C16H23ClN2O4S/c1-23-9-7-18-16(20)14-5-3-8-19(11-14)24(21,22)12-13-4-2-6-15(17)10-13/h2,4,6,10,14H,3,5,7-9,11-12H2,1H3,(H,18,20). The lowest BCUT2D eigenvalue weighted by molar-refractivity contribution is -0.126. The van der Waals surface area contributed by atoms with Crippen molar-refractivity contribution in [2.75, 3.05) is 33.4 Å². The minimum atomic E-state index is -3.47. The molecule has 8 heteroatoms. The molecule has 1 N–H and O–H groups in total. The number of hydrogen-bond acceptors (Lipinski definition) is 4. The van der Waals surface area contributed by atoms with E-state index < -0.39 is 10.0 Å². The Morgan fingerprint density at radius 2 is 2.25 bits per heavy atom. The molecule has 2 rings (SSSR count). The van der Waals surface area contributed by atoms with Crippen LogP contribution in [-0.2, 0) is 25.3 Å². The summed E-state index contributed by atoms with van der Waals surface area (Å²) in [5.74, 6) is -0.537. The molecule has 1 unspecified atom stereocenters. The van der Waals surface area contributed by atoms with Crippen molar-refractivity contribution in [1.82, 2.24) is 9.62 Å². The zero-order valence-corrected chi connectivity index (χ0v) is 15.3. The second kappa shape index (κ2) is 8.80. The summed E-state index contributed by atoms with van der Waals surface area (Å²) in [6, 6.07) is 6.83. The number of sulfonamides is 1. The van der Waals surface area contributed by atoms with Gasteiger partial charge in [-0.05, 0) is 30.5 Å². The molecule has 1 aromatic carbocycles. The number of halogens is 1. The number of carbonyl (C=O) groups excluding carboxylic acids is 1. The fraction of sp³-hybridized carbons (Fsp3) is 0.562. The Morgan fingerprint density at radius 3 is 2.96 bits per heavy atom. The number of rotatable bonds is 7. The highest BCUT2D eigenvalue weighted by Gasteiger charge is 2.32. The van der Waals surface area contributed by atoms with Crippen LogP contribution in [0.2, 0.25) is 5.02 Å². The highest BCUT2D eigenvalue weighted by atomic mass is 35.5. The van der Waals surface area contributed by atoms with Gasteiger partial charge >= 0.3 is 0 Å². The van der Waals surface area contributed by atoms with Crippen LogP contribution in [0.4, 0.5) is 0 Å². The van der Waals surface area contributed by atoms with Crippen LogP contribution >= 0.6 is 11.6 Å². The van der Waals surface area contributed by atoms with E-state index in [0.29, 0.717) is 43.1 Å². The van der Waals surface area contributed by atoms with Gasteiger partial charge in [0.15, 0.2) is 0 Å². The van der Waals surface area contributed by atoms with Gasteiger partial charge in [0.1, 0.15) is 0 Å². The number of piperidine rings is 1. The molecular weight excluding hydrogens is 352 g/mol. The summed E-state index contributed by atoms with van der Waals surface area (Å²) in [4.78, 5) is 12.1. The Kier molecular flexibility index (Phi) is 7.03. The van der Waals surface area contributed by atoms with Crippen molar-refractivity contribution in [3.63, 3.8) is 0 Å². The molecular formula is C16H23ClN2O4S. The van der Waals surface area contributed by atoms with Gasteiger partial charge in [-0.15, -0.1) is 0 Å². The molecule has 1 amide bonds. The number of amides is 1. The Bertz CT molecular complexity index is 666. The first-order chi connectivity index (χ1) is 11.4. The SMILES string of the molecule is COCCNC(=O)C1CCCN(S(=O)(=O)Cc2cccc(Cl)c2)C1. The molecule has 0 spiro atoms. The maximum Gasteiger partial charge on any atom is 0.224 e. The minimum Gasteiger partial charge on any atom is -0.383 e. The number of benzene rings is 1. The van der Waals surface area contributed by atoms with Crippen molar-refractivity contribution in [2.24, 2.45) is 5.92 Å². The highest BCUT2D eigenvalue weighted by molar-refractivity contribution is 7.88. The van der Waals surface area contributed by atoms with E-state index in [9.17, 15) is 13.2 Å². The average Bonchev–Trinajstić information content (AvgIpc) is 2.55. The Balaban J connectivity index is 1.98. The molecule has 0 aliphatic carbocycles.